The van der Waals surface area contributed by atoms with E-state index >= 15 is 0 Å². The summed E-state index contributed by atoms with van der Waals surface area (Å²) in [6.07, 6.45) is 0. The maximum absolute atomic E-state index is 7.42. The van der Waals surface area contributed by atoms with Gasteiger partial charge in [0.05, 0.1) is 16.5 Å². The smallest absolute Gasteiger partial charge is 0.143 e. The zero-order valence-electron chi connectivity index (χ0n) is 60.0. The van der Waals surface area contributed by atoms with E-state index in [1.165, 1.54) is 134 Å². The van der Waals surface area contributed by atoms with Gasteiger partial charge in [-0.25, -0.2) is 0 Å². The van der Waals surface area contributed by atoms with Gasteiger partial charge in [-0.15, -0.1) is 0 Å². The summed E-state index contributed by atoms with van der Waals surface area (Å²) in [7, 11) is 0. The van der Waals surface area contributed by atoms with Gasteiger partial charge in [0.25, 0.3) is 0 Å². The van der Waals surface area contributed by atoms with Crippen molar-refractivity contribution in [1.82, 2.24) is 0 Å². The first-order chi connectivity index (χ1) is 53.1. The van der Waals surface area contributed by atoms with Crippen molar-refractivity contribution < 1.29 is 8.83 Å². The van der Waals surface area contributed by atoms with Crippen LogP contribution in [-0.4, -0.2) is 0 Å². The number of anilines is 6. The molecular formula is C104H68N2O2. The van der Waals surface area contributed by atoms with Crippen LogP contribution in [0.15, 0.2) is 349 Å². The third-order valence-corrected chi connectivity index (χ3v) is 25.9. The topological polar surface area (TPSA) is 32.8 Å². The van der Waals surface area contributed by atoms with Gasteiger partial charge >= 0.3 is 0 Å². The van der Waals surface area contributed by atoms with E-state index in [0.717, 1.165) is 89.1 Å². The average Bonchev–Trinajstić information content (AvgIpc) is 1.51. The molecule has 0 saturated heterocycles. The molecule has 6 aliphatic rings. The van der Waals surface area contributed by atoms with E-state index in [2.05, 4.69) is 377 Å². The van der Waals surface area contributed by atoms with Crippen LogP contribution in [-0.2, 0) is 21.7 Å². The van der Waals surface area contributed by atoms with Gasteiger partial charge in [0.15, 0.2) is 0 Å². The van der Waals surface area contributed by atoms with E-state index in [1.54, 1.807) is 0 Å². The van der Waals surface area contributed by atoms with Crippen LogP contribution < -0.4 is 9.80 Å². The van der Waals surface area contributed by atoms with E-state index in [9.17, 15) is 0 Å². The Hall–Kier alpha value is -13.3. The Bertz CT molecular complexity index is 6960. The molecule has 2 spiro atoms. The Kier molecular flexibility index (Phi) is 11.8. The number of nitrogens with zero attached hydrogens (tertiary/aromatic N) is 2. The summed E-state index contributed by atoms with van der Waals surface area (Å²) in [4.78, 5) is 4.97. The van der Waals surface area contributed by atoms with Gasteiger partial charge in [-0.2, -0.15) is 0 Å². The lowest BCUT2D eigenvalue weighted by atomic mass is 9.70. The van der Waals surface area contributed by atoms with Crippen molar-refractivity contribution in [3.8, 4) is 77.9 Å². The minimum absolute atomic E-state index is 0.216. The molecule has 0 unspecified atom stereocenters. The molecule has 0 bridgehead atoms. The summed E-state index contributed by atoms with van der Waals surface area (Å²) < 4.78 is 14.1. The molecule has 0 aliphatic heterocycles. The fourth-order valence-corrected chi connectivity index (χ4v) is 21.3. The number of furan rings is 2. The lowest BCUT2D eigenvalue weighted by Gasteiger charge is -2.32. The molecular weight excluding hydrogens is 1310 g/mol. The Balaban J connectivity index is 0.644. The van der Waals surface area contributed by atoms with Crippen LogP contribution >= 0.6 is 0 Å². The third-order valence-electron chi connectivity index (χ3n) is 25.9. The molecule has 0 radical (unpaired) electrons. The second-order valence-corrected chi connectivity index (χ2v) is 31.6. The Morgan fingerprint density at radius 1 is 0.213 bits per heavy atom. The summed E-state index contributed by atoms with van der Waals surface area (Å²) in [5, 5.41) is 4.38. The van der Waals surface area contributed by atoms with Crippen LogP contribution in [0.2, 0.25) is 0 Å². The monoisotopic (exact) mass is 1380 g/mol. The number of hydrogen-bond donors (Lipinski definition) is 0. The molecule has 0 fully saturated rings. The molecule has 0 N–H and O–H groups in total. The zero-order valence-corrected chi connectivity index (χ0v) is 60.0. The quantitative estimate of drug-likeness (QED) is 0.159. The highest BCUT2D eigenvalue weighted by Crippen LogP contribution is 2.67. The molecule has 16 aromatic carbocycles. The highest BCUT2D eigenvalue weighted by atomic mass is 16.3. The Morgan fingerprint density at radius 2 is 0.574 bits per heavy atom. The molecule has 4 heteroatoms. The number of hydrogen-bond acceptors (Lipinski definition) is 4. The molecule has 108 heavy (non-hydrogen) atoms. The summed E-state index contributed by atoms with van der Waals surface area (Å²) >= 11 is 0. The number of rotatable bonds is 7. The fourth-order valence-electron chi connectivity index (χ4n) is 21.3. The minimum atomic E-state index is -0.505. The molecule has 0 atom stereocenters. The highest BCUT2D eigenvalue weighted by Gasteiger charge is 2.54. The van der Waals surface area contributed by atoms with Crippen molar-refractivity contribution >= 4 is 78.0 Å². The predicted molar refractivity (Wildman–Crippen MR) is 444 cm³/mol. The van der Waals surface area contributed by atoms with Gasteiger partial charge in [-0.3, -0.25) is 0 Å². The van der Waals surface area contributed by atoms with Crippen molar-refractivity contribution in [3.05, 3.63) is 406 Å². The van der Waals surface area contributed by atoms with Gasteiger partial charge in [0.2, 0.25) is 0 Å². The average molecular weight is 1380 g/mol. The molecule has 2 aromatic heterocycles. The summed E-state index contributed by atoms with van der Waals surface area (Å²) in [6.45, 7) is 9.55. The molecule has 6 aliphatic carbocycles. The lowest BCUT2D eigenvalue weighted by Crippen LogP contribution is -2.26. The largest absolute Gasteiger partial charge is 0.456 e. The minimum Gasteiger partial charge on any atom is -0.456 e. The number of benzene rings is 16. The van der Waals surface area contributed by atoms with Gasteiger partial charge in [-0.05, 0) is 212 Å². The Labute approximate surface area is 626 Å². The lowest BCUT2D eigenvalue weighted by molar-refractivity contribution is 0.660. The fraction of sp³-hybridized carbons (Fsp3) is 0.0769. The molecule has 2 heterocycles. The van der Waals surface area contributed by atoms with Crippen LogP contribution in [0.25, 0.3) is 122 Å². The standard InChI is InChI=1S/C104H68N2O2/c1-101(2)83-33-13-5-23-68(83)74-49-45-64(58-93(74)101)106(95-41-22-40-92-99(95)80-30-11-19-39-90(80)104(92)87-36-16-8-26-71(87)72-27-9-17-37-88(72)104)66-47-52-78-79-32-21-31-67(100(79)108-98(78)60-66)61-43-53-84-81(55-61)75-50-44-63(57-94(75)102(84,3)4)105(65-46-51-77-76-29-12-20-42-96(76)107-97(77)59-65)62-48-54-91-82(56-62)73-28-10-18-38-89(73)103(91)85-34-14-6-24-69(85)70-25-7-15-35-86(70)103/h5-60H,1-4H3. The van der Waals surface area contributed by atoms with Gasteiger partial charge in [0.1, 0.15) is 22.3 Å². The van der Waals surface area contributed by atoms with E-state index in [1.807, 2.05) is 0 Å². The summed E-state index contributed by atoms with van der Waals surface area (Å²) in [5.41, 5.74) is 41.6. The van der Waals surface area contributed by atoms with E-state index in [0.29, 0.717) is 0 Å². The zero-order chi connectivity index (χ0) is 71.3. The van der Waals surface area contributed by atoms with Crippen molar-refractivity contribution in [2.45, 2.75) is 49.4 Å². The Morgan fingerprint density at radius 3 is 1.19 bits per heavy atom. The van der Waals surface area contributed by atoms with Gasteiger partial charge in [0, 0.05) is 84.1 Å². The van der Waals surface area contributed by atoms with E-state index < -0.39 is 10.8 Å². The molecule has 18 aromatic rings. The van der Waals surface area contributed by atoms with Crippen LogP contribution in [0.3, 0.4) is 0 Å². The van der Waals surface area contributed by atoms with Crippen molar-refractivity contribution in [2.75, 3.05) is 9.80 Å². The second-order valence-electron chi connectivity index (χ2n) is 31.6. The maximum atomic E-state index is 7.42. The highest BCUT2D eigenvalue weighted by molar-refractivity contribution is 6.12. The SMILES string of the molecule is CC1(C)c2ccc(-c3cccc4c3oc3cc(N(c5ccc6c(c5)C(C)(C)c5ccccc5-6)c5cccc6c5-c5ccccc5C65c6ccccc6-c6ccccc65)ccc34)cc2-c2ccc(N(c3ccc4c(c3)-c3ccccc3C43c4ccccc4-c4ccccc43)c3ccc4c(c3)oc3ccccc34)cc21. The van der Waals surface area contributed by atoms with Crippen molar-refractivity contribution in [1.29, 1.82) is 0 Å². The van der Waals surface area contributed by atoms with Crippen molar-refractivity contribution in [3.63, 3.8) is 0 Å². The first-order valence-corrected chi connectivity index (χ1v) is 37.9. The molecule has 506 valence electrons. The maximum Gasteiger partial charge on any atom is 0.143 e. The van der Waals surface area contributed by atoms with E-state index in [-0.39, 0.29) is 10.8 Å². The normalized spacial score (nSPS) is 15.0. The molecule has 0 amide bonds. The summed E-state index contributed by atoms with van der Waals surface area (Å²) in [5.74, 6) is 0. The second kappa shape index (κ2) is 21.2. The van der Waals surface area contributed by atoms with Crippen LogP contribution in [0.1, 0.15) is 94.5 Å². The number of fused-ring (bicyclic) bond motifs is 32. The predicted octanol–water partition coefficient (Wildman–Crippen LogP) is 27.4. The third kappa shape index (κ3) is 7.58. The number of para-hydroxylation sites is 2. The van der Waals surface area contributed by atoms with Crippen LogP contribution in [0.4, 0.5) is 34.1 Å². The van der Waals surface area contributed by atoms with Gasteiger partial charge < -0.3 is 18.6 Å². The molecule has 24 rings (SSSR count). The molecule has 4 nitrogen and oxygen atoms in total. The van der Waals surface area contributed by atoms with E-state index in [4.69, 9.17) is 8.83 Å². The van der Waals surface area contributed by atoms with Crippen LogP contribution in [0, 0.1) is 0 Å². The van der Waals surface area contributed by atoms with Crippen molar-refractivity contribution in [2.24, 2.45) is 0 Å². The first-order valence-electron chi connectivity index (χ1n) is 37.9. The van der Waals surface area contributed by atoms with Crippen LogP contribution in [0.5, 0.6) is 0 Å². The first kappa shape index (κ1) is 60.0. The summed E-state index contributed by atoms with van der Waals surface area (Å²) in [6, 6.07) is 128. The molecule has 0 saturated carbocycles. The van der Waals surface area contributed by atoms with Gasteiger partial charge in [-0.1, -0.05) is 276 Å².